The second-order valence-corrected chi connectivity index (χ2v) is 7.05. The van der Waals surface area contributed by atoms with Crippen molar-refractivity contribution in [3.8, 4) is 11.1 Å². The van der Waals surface area contributed by atoms with E-state index in [9.17, 15) is 12.8 Å². The fourth-order valence-electron chi connectivity index (χ4n) is 2.03. The number of anilines is 1. The number of hydrogen-bond donors (Lipinski definition) is 1. The highest BCUT2D eigenvalue weighted by atomic mass is 32.2. The van der Waals surface area contributed by atoms with Crippen molar-refractivity contribution in [2.24, 2.45) is 0 Å². The van der Waals surface area contributed by atoms with E-state index in [4.69, 9.17) is 0 Å². The van der Waals surface area contributed by atoms with Gasteiger partial charge >= 0.3 is 0 Å². The van der Waals surface area contributed by atoms with Crippen LogP contribution in [0.5, 0.6) is 0 Å². The molecule has 2 aromatic carbocycles. The number of thiophene rings is 1. The van der Waals surface area contributed by atoms with E-state index in [0.29, 0.717) is 5.69 Å². The highest BCUT2D eigenvalue weighted by Crippen LogP contribution is 2.33. The van der Waals surface area contributed by atoms with Crippen molar-refractivity contribution in [2.45, 2.75) is 4.90 Å². The van der Waals surface area contributed by atoms with E-state index in [1.54, 1.807) is 35.7 Å². The smallest absolute Gasteiger partial charge is 0.261 e. The number of halogens is 1. The molecule has 0 aliphatic carbocycles. The van der Waals surface area contributed by atoms with Crippen LogP contribution in [0.3, 0.4) is 0 Å². The maximum absolute atomic E-state index is 13.0. The van der Waals surface area contributed by atoms with Crippen molar-refractivity contribution in [1.29, 1.82) is 0 Å². The van der Waals surface area contributed by atoms with Gasteiger partial charge in [-0.3, -0.25) is 4.72 Å². The SMILES string of the molecule is O=S(=O)(Nc1cscc1-c1ccc(F)cc1)c1ccccc1. The van der Waals surface area contributed by atoms with Crippen LogP contribution in [-0.2, 0) is 10.0 Å². The van der Waals surface area contributed by atoms with E-state index in [1.165, 1.54) is 35.6 Å². The summed E-state index contributed by atoms with van der Waals surface area (Å²) in [5.74, 6) is -0.328. The fourth-order valence-corrected chi connectivity index (χ4v) is 3.99. The molecule has 0 radical (unpaired) electrons. The first kappa shape index (κ1) is 14.7. The Morgan fingerprint density at radius 3 is 2.27 bits per heavy atom. The maximum atomic E-state index is 13.0. The van der Waals surface area contributed by atoms with Crippen LogP contribution >= 0.6 is 11.3 Å². The largest absolute Gasteiger partial charge is 0.278 e. The van der Waals surface area contributed by atoms with E-state index in [-0.39, 0.29) is 10.7 Å². The molecule has 0 amide bonds. The fraction of sp³-hybridized carbons (Fsp3) is 0. The number of rotatable bonds is 4. The predicted octanol–water partition coefficient (Wildman–Crippen LogP) is 4.36. The first-order valence-corrected chi connectivity index (χ1v) is 8.89. The standard InChI is InChI=1S/C16H12FNO2S2/c17-13-8-6-12(7-9-13)15-10-21-11-16(15)18-22(19,20)14-4-2-1-3-5-14/h1-11,18H. The monoisotopic (exact) mass is 333 g/mol. The van der Waals surface area contributed by atoms with E-state index in [2.05, 4.69) is 4.72 Å². The molecule has 6 heteroatoms. The predicted molar refractivity (Wildman–Crippen MR) is 87.0 cm³/mol. The van der Waals surface area contributed by atoms with Gasteiger partial charge in [-0.05, 0) is 29.8 Å². The van der Waals surface area contributed by atoms with Crippen LogP contribution in [0.1, 0.15) is 0 Å². The molecule has 0 aliphatic heterocycles. The molecule has 0 unspecified atom stereocenters. The minimum Gasteiger partial charge on any atom is -0.278 e. The molecule has 3 rings (SSSR count). The number of benzene rings is 2. The average Bonchev–Trinajstić information content (AvgIpc) is 2.96. The number of nitrogens with one attached hydrogen (secondary N) is 1. The summed E-state index contributed by atoms with van der Waals surface area (Å²) in [5.41, 5.74) is 1.97. The summed E-state index contributed by atoms with van der Waals surface area (Å²) in [6, 6.07) is 14.1. The molecule has 0 spiro atoms. The molecule has 3 aromatic rings. The molecule has 1 aromatic heterocycles. The van der Waals surface area contributed by atoms with Gasteiger partial charge in [0.15, 0.2) is 0 Å². The number of sulfonamides is 1. The van der Waals surface area contributed by atoms with Crippen LogP contribution < -0.4 is 4.72 Å². The van der Waals surface area contributed by atoms with Crippen molar-refractivity contribution in [2.75, 3.05) is 4.72 Å². The third kappa shape index (κ3) is 3.03. The molecule has 3 nitrogen and oxygen atoms in total. The van der Waals surface area contributed by atoms with Gasteiger partial charge in [-0.1, -0.05) is 30.3 Å². The average molecular weight is 333 g/mol. The van der Waals surface area contributed by atoms with Crippen molar-refractivity contribution in [1.82, 2.24) is 0 Å². The van der Waals surface area contributed by atoms with E-state index < -0.39 is 10.0 Å². The summed E-state index contributed by atoms with van der Waals surface area (Å²) in [5, 5.41) is 3.55. The van der Waals surface area contributed by atoms with Gasteiger partial charge in [-0.25, -0.2) is 12.8 Å². The van der Waals surface area contributed by atoms with Crippen molar-refractivity contribution in [3.05, 3.63) is 71.2 Å². The lowest BCUT2D eigenvalue weighted by molar-refractivity contribution is 0.601. The minimum atomic E-state index is -3.64. The molecule has 0 bridgehead atoms. The Morgan fingerprint density at radius 2 is 1.59 bits per heavy atom. The molecule has 0 atom stereocenters. The highest BCUT2D eigenvalue weighted by molar-refractivity contribution is 7.92. The summed E-state index contributed by atoms with van der Waals surface area (Å²) in [6.45, 7) is 0. The zero-order valence-corrected chi connectivity index (χ0v) is 13.0. The van der Waals surface area contributed by atoms with E-state index in [0.717, 1.165) is 11.1 Å². The molecule has 22 heavy (non-hydrogen) atoms. The third-order valence-corrected chi connectivity index (χ3v) is 5.24. The van der Waals surface area contributed by atoms with Crippen molar-refractivity contribution >= 4 is 27.0 Å². The lowest BCUT2D eigenvalue weighted by atomic mass is 10.1. The van der Waals surface area contributed by atoms with Crippen LogP contribution in [0.15, 0.2) is 70.3 Å². The molecule has 0 aliphatic rings. The Bertz CT molecular complexity index is 872. The van der Waals surface area contributed by atoms with Gasteiger partial charge in [0.1, 0.15) is 5.82 Å². The van der Waals surface area contributed by atoms with Gasteiger partial charge < -0.3 is 0 Å². The summed E-state index contributed by atoms with van der Waals surface area (Å²) < 4.78 is 40.3. The van der Waals surface area contributed by atoms with Crippen molar-refractivity contribution in [3.63, 3.8) is 0 Å². The van der Waals surface area contributed by atoms with Crippen LogP contribution in [0, 0.1) is 5.82 Å². The summed E-state index contributed by atoms with van der Waals surface area (Å²) in [4.78, 5) is 0.200. The first-order valence-electron chi connectivity index (χ1n) is 6.46. The Labute approximate surface area is 132 Å². The quantitative estimate of drug-likeness (QED) is 0.771. The Balaban J connectivity index is 1.95. The molecule has 1 heterocycles. The van der Waals surface area contributed by atoms with Gasteiger partial charge in [-0.15, -0.1) is 11.3 Å². The van der Waals surface area contributed by atoms with Crippen LogP contribution in [0.4, 0.5) is 10.1 Å². The normalized spacial score (nSPS) is 11.3. The molecule has 0 saturated heterocycles. The maximum Gasteiger partial charge on any atom is 0.261 e. The summed E-state index contributed by atoms with van der Waals surface area (Å²) in [6.07, 6.45) is 0. The molecular formula is C16H12FNO2S2. The molecule has 0 saturated carbocycles. The Morgan fingerprint density at radius 1 is 0.909 bits per heavy atom. The summed E-state index contributed by atoms with van der Waals surface area (Å²) in [7, 11) is -3.64. The van der Waals surface area contributed by atoms with Gasteiger partial charge in [0, 0.05) is 16.3 Å². The lowest BCUT2D eigenvalue weighted by Crippen LogP contribution is -2.12. The second-order valence-electron chi connectivity index (χ2n) is 4.62. The molecule has 112 valence electrons. The molecule has 0 fully saturated rings. The molecular weight excluding hydrogens is 321 g/mol. The highest BCUT2D eigenvalue weighted by Gasteiger charge is 2.16. The van der Waals surface area contributed by atoms with E-state index in [1.807, 2.05) is 5.38 Å². The van der Waals surface area contributed by atoms with Gasteiger partial charge in [0.2, 0.25) is 0 Å². The lowest BCUT2D eigenvalue weighted by Gasteiger charge is -2.09. The zero-order valence-electron chi connectivity index (χ0n) is 11.4. The summed E-state index contributed by atoms with van der Waals surface area (Å²) >= 11 is 1.38. The van der Waals surface area contributed by atoms with Crippen LogP contribution in [0.2, 0.25) is 0 Å². The molecule has 1 N–H and O–H groups in total. The Kier molecular flexibility index (Phi) is 3.96. The minimum absolute atomic E-state index is 0.200. The third-order valence-electron chi connectivity index (χ3n) is 3.12. The van der Waals surface area contributed by atoms with Crippen LogP contribution in [-0.4, -0.2) is 8.42 Å². The van der Waals surface area contributed by atoms with Gasteiger partial charge in [-0.2, -0.15) is 0 Å². The van der Waals surface area contributed by atoms with Crippen LogP contribution in [0.25, 0.3) is 11.1 Å². The second kappa shape index (κ2) is 5.90. The Hall–Kier alpha value is -2.18. The van der Waals surface area contributed by atoms with Crippen molar-refractivity contribution < 1.29 is 12.8 Å². The zero-order chi connectivity index (χ0) is 15.6. The van der Waals surface area contributed by atoms with Gasteiger partial charge in [0.05, 0.1) is 10.6 Å². The topological polar surface area (TPSA) is 46.2 Å². The van der Waals surface area contributed by atoms with E-state index >= 15 is 0 Å². The first-order chi connectivity index (χ1) is 10.6. The number of hydrogen-bond acceptors (Lipinski definition) is 3. The van der Waals surface area contributed by atoms with Gasteiger partial charge in [0.25, 0.3) is 10.0 Å².